The summed E-state index contributed by atoms with van der Waals surface area (Å²) in [7, 11) is 0. The predicted molar refractivity (Wildman–Crippen MR) is 100 cm³/mol. The third-order valence-corrected chi connectivity index (χ3v) is 7.30. The van der Waals surface area contributed by atoms with Crippen LogP contribution in [0.3, 0.4) is 0 Å². The van der Waals surface area contributed by atoms with Crippen molar-refractivity contribution in [3.8, 4) is 18.2 Å². The maximum atomic E-state index is 10.3. The first-order valence-electron chi connectivity index (χ1n) is 9.94. The zero-order valence-electron chi connectivity index (χ0n) is 16.1. The Bertz CT molecular complexity index is 887. The molecule has 1 spiro atoms. The van der Waals surface area contributed by atoms with Gasteiger partial charge >= 0.3 is 0 Å². The standard InChI is InChI=1S/C22H24N4O2/c1-14(2)15-6-8-16(9-7-15)18-21(13-25)19(26)28-22(27-18)10-4-3-5-17(22)20(21,11-23)12-24/h8,15,17-18,26H,1,3-7,9-10H2,2H3/t15-,17-,18+,21-,22+/m1/s1. The minimum Gasteiger partial charge on any atom is -0.447 e. The van der Waals surface area contributed by atoms with Gasteiger partial charge in [0.25, 0.3) is 0 Å². The van der Waals surface area contributed by atoms with Gasteiger partial charge in [-0.2, -0.15) is 15.8 Å². The maximum Gasteiger partial charge on any atom is 0.218 e. The van der Waals surface area contributed by atoms with E-state index in [9.17, 15) is 15.8 Å². The van der Waals surface area contributed by atoms with Crippen LogP contribution in [0.1, 0.15) is 51.9 Å². The molecule has 0 aromatic rings. The van der Waals surface area contributed by atoms with Crippen molar-refractivity contribution in [2.75, 3.05) is 0 Å². The Kier molecular flexibility index (Phi) is 4.14. The maximum absolute atomic E-state index is 10.3. The molecule has 5 aliphatic rings. The average molecular weight is 376 g/mol. The zero-order chi connectivity index (χ0) is 20.2. The SMILES string of the molecule is C=C(C)[C@@H]1CC=C([C@@H]2O[C@]34CCCC[C@@H]3C(C#N)(C#N)[C@@]2(C#N)C(=N)O4)CC1. The van der Waals surface area contributed by atoms with E-state index in [2.05, 4.69) is 30.9 Å². The van der Waals surface area contributed by atoms with Crippen LogP contribution in [0.4, 0.5) is 0 Å². The van der Waals surface area contributed by atoms with Gasteiger partial charge in [-0.1, -0.05) is 24.6 Å². The van der Waals surface area contributed by atoms with Crippen molar-refractivity contribution in [3.63, 3.8) is 0 Å². The lowest BCUT2D eigenvalue weighted by Gasteiger charge is -2.64. The lowest BCUT2D eigenvalue weighted by atomic mass is 9.48. The van der Waals surface area contributed by atoms with Gasteiger partial charge in [-0.25, -0.2) is 0 Å². The van der Waals surface area contributed by atoms with E-state index in [1.54, 1.807) is 0 Å². The van der Waals surface area contributed by atoms with Gasteiger partial charge < -0.3 is 9.47 Å². The highest BCUT2D eigenvalue weighted by molar-refractivity contribution is 5.89. The molecular weight excluding hydrogens is 352 g/mol. The van der Waals surface area contributed by atoms with E-state index in [1.807, 2.05) is 6.92 Å². The second-order valence-electron chi connectivity index (χ2n) is 8.59. The quantitative estimate of drug-likeness (QED) is 0.728. The van der Waals surface area contributed by atoms with Crippen LogP contribution in [0.15, 0.2) is 23.8 Å². The Morgan fingerprint density at radius 1 is 1.21 bits per heavy atom. The minimum atomic E-state index is -1.73. The van der Waals surface area contributed by atoms with E-state index in [4.69, 9.17) is 14.9 Å². The topological polar surface area (TPSA) is 114 Å². The van der Waals surface area contributed by atoms with E-state index >= 15 is 0 Å². The largest absolute Gasteiger partial charge is 0.447 e. The summed E-state index contributed by atoms with van der Waals surface area (Å²) < 4.78 is 12.4. The number of ether oxygens (including phenoxy) is 2. The van der Waals surface area contributed by atoms with E-state index in [-0.39, 0.29) is 5.90 Å². The Balaban J connectivity index is 1.87. The number of fused-ring (bicyclic) bond motifs is 2. The van der Waals surface area contributed by atoms with Gasteiger partial charge in [-0.15, -0.1) is 0 Å². The molecule has 2 bridgehead atoms. The first-order valence-corrected chi connectivity index (χ1v) is 9.94. The summed E-state index contributed by atoms with van der Waals surface area (Å²) in [5.74, 6) is -1.58. The second kappa shape index (κ2) is 6.20. The van der Waals surface area contributed by atoms with Crippen molar-refractivity contribution in [1.82, 2.24) is 0 Å². The van der Waals surface area contributed by atoms with Crippen LogP contribution in [-0.4, -0.2) is 17.8 Å². The van der Waals surface area contributed by atoms with Gasteiger partial charge in [0.05, 0.1) is 24.1 Å². The first kappa shape index (κ1) is 18.7. The Labute approximate surface area is 165 Å². The molecule has 0 radical (unpaired) electrons. The van der Waals surface area contributed by atoms with Crippen LogP contribution in [0.2, 0.25) is 0 Å². The van der Waals surface area contributed by atoms with Gasteiger partial charge in [-0.05, 0) is 50.5 Å². The number of hydrogen-bond donors (Lipinski definition) is 1. The lowest BCUT2D eigenvalue weighted by Crippen LogP contribution is -2.76. The lowest BCUT2D eigenvalue weighted by molar-refractivity contribution is -0.350. The molecule has 0 aromatic carbocycles. The molecule has 5 rings (SSSR count). The molecule has 6 nitrogen and oxygen atoms in total. The molecule has 0 amide bonds. The van der Waals surface area contributed by atoms with Crippen molar-refractivity contribution in [2.24, 2.45) is 22.7 Å². The molecule has 3 heterocycles. The number of allylic oxidation sites excluding steroid dienone is 2. The minimum absolute atomic E-state index is 0.282. The Hall–Kier alpha value is -2.62. The van der Waals surface area contributed by atoms with E-state index in [1.165, 1.54) is 0 Å². The van der Waals surface area contributed by atoms with Crippen molar-refractivity contribution in [1.29, 1.82) is 21.2 Å². The molecule has 2 aliphatic carbocycles. The average Bonchev–Trinajstić information content (AvgIpc) is 2.72. The van der Waals surface area contributed by atoms with E-state index in [0.29, 0.717) is 25.2 Å². The monoisotopic (exact) mass is 376 g/mol. The molecule has 3 aliphatic heterocycles. The molecule has 3 saturated heterocycles. The molecule has 6 heteroatoms. The first-order chi connectivity index (χ1) is 13.4. The Morgan fingerprint density at radius 2 is 1.96 bits per heavy atom. The van der Waals surface area contributed by atoms with Gasteiger partial charge in [0.2, 0.25) is 11.7 Å². The summed E-state index contributed by atoms with van der Waals surface area (Å²) in [5.41, 5.74) is -1.35. The summed E-state index contributed by atoms with van der Waals surface area (Å²) in [6, 6.07) is 6.55. The van der Waals surface area contributed by atoms with Crippen molar-refractivity contribution in [2.45, 2.75) is 63.8 Å². The third-order valence-electron chi connectivity index (χ3n) is 7.30. The molecule has 1 N–H and O–H groups in total. The summed E-state index contributed by atoms with van der Waals surface area (Å²) >= 11 is 0. The van der Waals surface area contributed by atoms with Crippen molar-refractivity contribution in [3.05, 3.63) is 23.8 Å². The smallest absolute Gasteiger partial charge is 0.218 e. The highest BCUT2D eigenvalue weighted by Crippen LogP contribution is 2.67. The molecule has 4 fully saturated rings. The molecule has 1 saturated carbocycles. The summed E-state index contributed by atoms with van der Waals surface area (Å²) in [6.07, 6.45) is 6.47. The van der Waals surface area contributed by atoms with Crippen LogP contribution in [0, 0.1) is 62.1 Å². The van der Waals surface area contributed by atoms with E-state index < -0.39 is 28.6 Å². The summed E-state index contributed by atoms with van der Waals surface area (Å²) in [5, 5.41) is 39.2. The number of rotatable bonds is 2. The van der Waals surface area contributed by atoms with Crippen molar-refractivity contribution < 1.29 is 9.47 Å². The number of nitrogens with zero attached hydrogens (tertiary/aromatic N) is 3. The van der Waals surface area contributed by atoms with Gasteiger partial charge in [-0.3, -0.25) is 5.41 Å². The molecule has 0 aromatic heterocycles. The van der Waals surface area contributed by atoms with Crippen LogP contribution in [0.5, 0.6) is 0 Å². The van der Waals surface area contributed by atoms with Crippen LogP contribution < -0.4 is 0 Å². The molecule has 144 valence electrons. The fourth-order valence-electron chi connectivity index (χ4n) is 5.72. The second-order valence-corrected chi connectivity index (χ2v) is 8.59. The normalized spacial score (nSPS) is 40.7. The molecular formula is C22H24N4O2. The van der Waals surface area contributed by atoms with Gasteiger partial charge in [0.15, 0.2) is 10.8 Å². The summed E-state index contributed by atoms with van der Waals surface area (Å²) in [6.45, 7) is 6.06. The van der Waals surface area contributed by atoms with Gasteiger partial charge in [0, 0.05) is 6.42 Å². The number of nitrogens with one attached hydrogen (secondary N) is 1. The van der Waals surface area contributed by atoms with Crippen LogP contribution >= 0.6 is 0 Å². The predicted octanol–water partition coefficient (Wildman–Crippen LogP) is 4.13. The fourth-order valence-corrected chi connectivity index (χ4v) is 5.72. The number of hydrogen-bond acceptors (Lipinski definition) is 6. The van der Waals surface area contributed by atoms with Crippen LogP contribution in [-0.2, 0) is 9.47 Å². The van der Waals surface area contributed by atoms with Crippen LogP contribution in [0.25, 0.3) is 0 Å². The molecule has 5 atom stereocenters. The van der Waals surface area contributed by atoms with Gasteiger partial charge in [0.1, 0.15) is 6.10 Å². The highest BCUT2D eigenvalue weighted by atomic mass is 16.7. The summed E-state index contributed by atoms with van der Waals surface area (Å²) in [4.78, 5) is 0. The number of nitriles is 3. The molecule has 0 unspecified atom stereocenters. The zero-order valence-corrected chi connectivity index (χ0v) is 16.1. The molecule has 28 heavy (non-hydrogen) atoms. The van der Waals surface area contributed by atoms with E-state index in [0.717, 1.165) is 36.8 Å². The van der Waals surface area contributed by atoms with Crippen molar-refractivity contribution >= 4 is 5.90 Å². The Morgan fingerprint density at radius 3 is 2.54 bits per heavy atom. The third kappa shape index (κ3) is 2.06. The highest BCUT2D eigenvalue weighted by Gasteiger charge is 2.80. The fraction of sp³-hybridized carbons (Fsp3) is 0.636.